The molecule has 4 heteroatoms. The van der Waals surface area contributed by atoms with Crippen molar-refractivity contribution in [2.75, 3.05) is 20.2 Å². The number of hydrogen-bond acceptors (Lipinski definition) is 3. The van der Waals surface area contributed by atoms with Crippen LogP contribution in [-0.2, 0) is 0 Å². The Kier molecular flexibility index (Phi) is 4.57. The number of aromatic nitrogens is 1. The molecule has 0 aliphatic heterocycles. The molecule has 0 aromatic carbocycles. The Morgan fingerprint density at radius 2 is 2.38 bits per heavy atom. The van der Waals surface area contributed by atoms with Crippen molar-refractivity contribution in [3.8, 4) is 5.75 Å². The Morgan fingerprint density at radius 3 is 3.08 bits per heavy atom. The van der Waals surface area contributed by atoms with Gasteiger partial charge in [0.05, 0.1) is 17.8 Å². The van der Waals surface area contributed by atoms with E-state index in [0.717, 1.165) is 18.7 Å². The van der Waals surface area contributed by atoms with Gasteiger partial charge in [0.15, 0.2) is 0 Å². The second-order valence-corrected chi connectivity index (χ2v) is 3.08. The Hall–Kier alpha value is -0.800. The van der Waals surface area contributed by atoms with Crippen LogP contribution in [0.4, 0.5) is 0 Å². The van der Waals surface area contributed by atoms with Crippen LogP contribution in [-0.4, -0.2) is 25.2 Å². The number of nitrogens with zero attached hydrogens (tertiary/aromatic N) is 1. The maximum atomic E-state index is 5.73. The van der Waals surface area contributed by atoms with Crippen LogP contribution in [0, 0.1) is 0 Å². The third kappa shape index (κ3) is 4.10. The number of pyridine rings is 1. The van der Waals surface area contributed by atoms with Gasteiger partial charge in [0, 0.05) is 12.3 Å². The molecule has 0 bridgehead atoms. The second-order valence-electron chi connectivity index (χ2n) is 2.64. The van der Waals surface area contributed by atoms with Crippen LogP contribution in [0.25, 0.3) is 0 Å². The van der Waals surface area contributed by atoms with E-state index in [9.17, 15) is 0 Å². The third-order valence-corrected chi connectivity index (χ3v) is 1.73. The van der Waals surface area contributed by atoms with Gasteiger partial charge in [0.2, 0.25) is 0 Å². The highest BCUT2D eigenvalue weighted by Gasteiger charge is 1.94. The van der Waals surface area contributed by atoms with Gasteiger partial charge in [0.25, 0.3) is 0 Å². The quantitative estimate of drug-likeness (QED) is 0.736. The van der Waals surface area contributed by atoms with Gasteiger partial charge < -0.3 is 10.1 Å². The van der Waals surface area contributed by atoms with Crippen LogP contribution in [0.15, 0.2) is 18.5 Å². The number of hydrogen-bond donors (Lipinski definition) is 1. The summed E-state index contributed by atoms with van der Waals surface area (Å²) >= 11 is 5.73. The molecule has 0 radical (unpaired) electrons. The van der Waals surface area contributed by atoms with E-state index in [1.165, 1.54) is 0 Å². The van der Waals surface area contributed by atoms with E-state index in [4.69, 9.17) is 16.3 Å². The van der Waals surface area contributed by atoms with Crippen LogP contribution in [0.2, 0.25) is 5.02 Å². The topological polar surface area (TPSA) is 34.1 Å². The van der Waals surface area contributed by atoms with E-state index in [2.05, 4.69) is 10.3 Å². The monoisotopic (exact) mass is 200 g/mol. The van der Waals surface area contributed by atoms with E-state index in [1.807, 2.05) is 7.05 Å². The molecule has 0 aliphatic rings. The van der Waals surface area contributed by atoms with Gasteiger partial charge in [-0.25, -0.2) is 0 Å². The predicted molar refractivity (Wildman–Crippen MR) is 53.3 cm³/mol. The summed E-state index contributed by atoms with van der Waals surface area (Å²) in [6.45, 7) is 1.64. The smallest absolute Gasteiger partial charge is 0.139 e. The standard InChI is InChI=1S/C9H13ClN2O/c1-11-3-2-4-13-9-5-8(10)6-12-7-9/h5-7,11H,2-4H2,1H3. The largest absolute Gasteiger partial charge is 0.492 e. The molecule has 1 heterocycles. The maximum absolute atomic E-state index is 5.73. The SMILES string of the molecule is CNCCCOc1cncc(Cl)c1. The minimum Gasteiger partial charge on any atom is -0.492 e. The molecule has 0 fully saturated rings. The summed E-state index contributed by atoms with van der Waals surface area (Å²) in [4.78, 5) is 3.91. The molecular formula is C9H13ClN2O. The van der Waals surface area contributed by atoms with Gasteiger partial charge in [-0.15, -0.1) is 0 Å². The summed E-state index contributed by atoms with van der Waals surface area (Å²) in [5.74, 6) is 0.726. The molecule has 0 saturated heterocycles. The fourth-order valence-corrected chi connectivity index (χ4v) is 1.07. The minimum absolute atomic E-state index is 0.603. The van der Waals surface area contributed by atoms with Crippen molar-refractivity contribution in [1.29, 1.82) is 0 Å². The Balaban J connectivity index is 2.28. The van der Waals surface area contributed by atoms with Gasteiger partial charge in [-0.3, -0.25) is 4.98 Å². The summed E-state index contributed by atoms with van der Waals surface area (Å²) in [7, 11) is 1.92. The van der Waals surface area contributed by atoms with E-state index >= 15 is 0 Å². The Labute approximate surface area is 83.1 Å². The number of halogens is 1. The van der Waals surface area contributed by atoms with Gasteiger partial charge in [-0.1, -0.05) is 11.6 Å². The van der Waals surface area contributed by atoms with Crippen LogP contribution >= 0.6 is 11.6 Å². The summed E-state index contributed by atoms with van der Waals surface area (Å²) in [5, 5.41) is 3.65. The molecule has 1 rings (SSSR count). The van der Waals surface area contributed by atoms with Gasteiger partial charge >= 0.3 is 0 Å². The van der Waals surface area contributed by atoms with Crippen molar-refractivity contribution in [2.45, 2.75) is 6.42 Å². The molecular weight excluding hydrogens is 188 g/mol. The molecule has 0 spiro atoms. The van der Waals surface area contributed by atoms with E-state index in [1.54, 1.807) is 18.5 Å². The molecule has 1 aromatic rings. The number of nitrogens with one attached hydrogen (secondary N) is 1. The predicted octanol–water partition coefficient (Wildman–Crippen LogP) is 1.72. The van der Waals surface area contributed by atoms with Crippen molar-refractivity contribution >= 4 is 11.6 Å². The third-order valence-electron chi connectivity index (χ3n) is 1.52. The first kappa shape index (κ1) is 10.3. The lowest BCUT2D eigenvalue weighted by molar-refractivity contribution is 0.308. The van der Waals surface area contributed by atoms with Gasteiger partial charge in [-0.05, 0) is 20.0 Å². The Bertz CT molecular complexity index is 255. The highest BCUT2D eigenvalue weighted by atomic mass is 35.5. The van der Waals surface area contributed by atoms with E-state index in [-0.39, 0.29) is 0 Å². The normalized spacial score (nSPS) is 10.0. The summed E-state index contributed by atoms with van der Waals surface area (Å²) in [6.07, 6.45) is 4.22. The van der Waals surface area contributed by atoms with Crippen molar-refractivity contribution in [2.24, 2.45) is 0 Å². The van der Waals surface area contributed by atoms with Crippen LogP contribution in [0.1, 0.15) is 6.42 Å². The van der Waals surface area contributed by atoms with Crippen LogP contribution < -0.4 is 10.1 Å². The fourth-order valence-electron chi connectivity index (χ4n) is 0.910. The second kappa shape index (κ2) is 5.78. The van der Waals surface area contributed by atoms with Gasteiger partial charge in [-0.2, -0.15) is 0 Å². The first-order valence-corrected chi connectivity index (χ1v) is 4.58. The molecule has 72 valence electrons. The summed E-state index contributed by atoms with van der Waals surface area (Å²) < 4.78 is 5.40. The minimum atomic E-state index is 0.603. The number of rotatable bonds is 5. The van der Waals surface area contributed by atoms with E-state index in [0.29, 0.717) is 11.6 Å². The molecule has 0 unspecified atom stereocenters. The van der Waals surface area contributed by atoms with Crippen molar-refractivity contribution in [1.82, 2.24) is 10.3 Å². The first-order chi connectivity index (χ1) is 6.33. The zero-order valence-corrected chi connectivity index (χ0v) is 8.34. The fraction of sp³-hybridized carbons (Fsp3) is 0.444. The average molecular weight is 201 g/mol. The van der Waals surface area contributed by atoms with Crippen molar-refractivity contribution in [3.63, 3.8) is 0 Å². The Morgan fingerprint density at radius 1 is 1.54 bits per heavy atom. The lowest BCUT2D eigenvalue weighted by Crippen LogP contribution is -2.11. The number of ether oxygens (including phenoxy) is 1. The maximum Gasteiger partial charge on any atom is 0.139 e. The van der Waals surface area contributed by atoms with Gasteiger partial charge in [0.1, 0.15) is 5.75 Å². The van der Waals surface area contributed by atoms with Crippen LogP contribution in [0.3, 0.4) is 0 Å². The van der Waals surface area contributed by atoms with E-state index < -0.39 is 0 Å². The molecule has 0 saturated carbocycles. The molecule has 1 aromatic heterocycles. The molecule has 13 heavy (non-hydrogen) atoms. The average Bonchev–Trinajstić information content (AvgIpc) is 2.13. The molecule has 0 atom stereocenters. The summed E-state index contributed by atoms with van der Waals surface area (Å²) in [6, 6.07) is 1.76. The zero-order chi connectivity index (χ0) is 9.52. The molecule has 3 nitrogen and oxygen atoms in total. The molecule has 0 aliphatic carbocycles. The highest BCUT2D eigenvalue weighted by Crippen LogP contribution is 2.14. The molecule has 1 N–H and O–H groups in total. The lowest BCUT2D eigenvalue weighted by Gasteiger charge is -2.04. The lowest BCUT2D eigenvalue weighted by atomic mass is 10.4. The highest BCUT2D eigenvalue weighted by molar-refractivity contribution is 6.30. The van der Waals surface area contributed by atoms with Crippen LogP contribution in [0.5, 0.6) is 5.75 Å². The zero-order valence-electron chi connectivity index (χ0n) is 7.59. The van der Waals surface area contributed by atoms with Crippen molar-refractivity contribution in [3.05, 3.63) is 23.5 Å². The van der Waals surface area contributed by atoms with Crippen molar-refractivity contribution < 1.29 is 4.74 Å². The first-order valence-electron chi connectivity index (χ1n) is 4.21. The summed E-state index contributed by atoms with van der Waals surface area (Å²) in [5.41, 5.74) is 0. The molecule has 0 amide bonds.